The van der Waals surface area contributed by atoms with Crippen LogP contribution in [0, 0.1) is 11.8 Å². The van der Waals surface area contributed by atoms with Gasteiger partial charge in [0.1, 0.15) is 5.54 Å². The fourth-order valence-electron chi connectivity index (χ4n) is 4.17. The third-order valence-electron chi connectivity index (χ3n) is 5.80. The van der Waals surface area contributed by atoms with Crippen molar-refractivity contribution in [3.8, 4) is 0 Å². The minimum absolute atomic E-state index is 0.0591. The third kappa shape index (κ3) is 3.15. The van der Waals surface area contributed by atoms with Crippen molar-refractivity contribution < 1.29 is 9.59 Å². The molecule has 0 aromatic heterocycles. The molecule has 1 aliphatic carbocycles. The van der Waals surface area contributed by atoms with Crippen LogP contribution in [-0.2, 0) is 11.2 Å². The lowest BCUT2D eigenvalue weighted by Crippen LogP contribution is -2.57. The molecule has 1 aromatic carbocycles. The van der Waals surface area contributed by atoms with Gasteiger partial charge >= 0.3 is 6.03 Å². The fraction of sp³-hybridized carbons (Fsp3) is 0.579. The van der Waals surface area contributed by atoms with E-state index in [1.54, 1.807) is 0 Å². The van der Waals surface area contributed by atoms with Crippen LogP contribution < -0.4 is 10.6 Å². The lowest BCUT2D eigenvalue weighted by Gasteiger charge is -2.38. The molecular formula is C19H24ClN3O2. The Bertz CT molecular complexity index is 685. The average molecular weight is 362 g/mol. The van der Waals surface area contributed by atoms with Crippen molar-refractivity contribution in [2.75, 3.05) is 19.6 Å². The Morgan fingerprint density at radius 3 is 2.52 bits per heavy atom. The van der Waals surface area contributed by atoms with Crippen LogP contribution >= 0.6 is 11.6 Å². The van der Waals surface area contributed by atoms with Gasteiger partial charge in [0.05, 0.1) is 0 Å². The number of hydrogen-bond acceptors (Lipinski definition) is 3. The second kappa shape index (κ2) is 6.61. The monoisotopic (exact) mass is 361 g/mol. The zero-order valence-electron chi connectivity index (χ0n) is 14.3. The van der Waals surface area contributed by atoms with Gasteiger partial charge in [0.25, 0.3) is 5.91 Å². The van der Waals surface area contributed by atoms with E-state index in [2.05, 4.69) is 10.6 Å². The molecule has 3 aliphatic rings. The predicted octanol–water partition coefficient (Wildman–Crippen LogP) is 2.58. The van der Waals surface area contributed by atoms with Crippen molar-refractivity contribution in [1.82, 2.24) is 15.5 Å². The van der Waals surface area contributed by atoms with E-state index in [1.807, 2.05) is 24.3 Å². The van der Waals surface area contributed by atoms with E-state index in [9.17, 15) is 9.59 Å². The number of nitrogens with one attached hydrogen (secondary N) is 2. The van der Waals surface area contributed by atoms with Gasteiger partial charge in [-0.25, -0.2) is 4.79 Å². The Morgan fingerprint density at radius 2 is 1.84 bits per heavy atom. The highest BCUT2D eigenvalue weighted by Gasteiger charge is 2.56. The van der Waals surface area contributed by atoms with Gasteiger partial charge in [-0.05, 0) is 62.2 Å². The fourth-order valence-corrected chi connectivity index (χ4v) is 4.37. The molecule has 1 saturated carbocycles. The van der Waals surface area contributed by atoms with E-state index in [0.717, 1.165) is 44.3 Å². The smallest absolute Gasteiger partial charge is 0.322 e. The van der Waals surface area contributed by atoms with Crippen molar-refractivity contribution in [1.29, 1.82) is 0 Å². The number of amides is 3. The Morgan fingerprint density at radius 1 is 1.12 bits per heavy atom. The minimum Gasteiger partial charge on any atom is -0.322 e. The molecule has 0 spiro atoms. The van der Waals surface area contributed by atoms with E-state index in [-0.39, 0.29) is 17.9 Å². The number of urea groups is 1. The first kappa shape index (κ1) is 16.9. The van der Waals surface area contributed by atoms with E-state index in [1.165, 1.54) is 4.90 Å². The predicted molar refractivity (Wildman–Crippen MR) is 96.4 cm³/mol. The molecule has 2 heterocycles. The van der Waals surface area contributed by atoms with E-state index >= 15 is 0 Å². The van der Waals surface area contributed by atoms with Crippen molar-refractivity contribution in [2.24, 2.45) is 11.8 Å². The molecule has 3 fully saturated rings. The topological polar surface area (TPSA) is 61.4 Å². The van der Waals surface area contributed by atoms with E-state index in [0.29, 0.717) is 23.9 Å². The van der Waals surface area contributed by atoms with Gasteiger partial charge in [0.2, 0.25) is 0 Å². The summed E-state index contributed by atoms with van der Waals surface area (Å²) in [5, 5.41) is 7.09. The summed E-state index contributed by atoms with van der Waals surface area (Å²) in [6, 6.07) is 7.38. The van der Waals surface area contributed by atoms with Crippen LogP contribution in [0.2, 0.25) is 5.02 Å². The molecule has 1 unspecified atom stereocenters. The van der Waals surface area contributed by atoms with Crippen molar-refractivity contribution in [3.05, 3.63) is 34.9 Å². The van der Waals surface area contributed by atoms with Gasteiger partial charge in [-0.1, -0.05) is 29.8 Å². The van der Waals surface area contributed by atoms with Crippen molar-refractivity contribution >= 4 is 23.5 Å². The van der Waals surface area contributed by atoms with E-state index < -0.39 is 5.54 Å². The number of hydrogen-bond donors (Lipinski definition) is 2. The molecular weight excluding hydrogens is 338 g/mol. The van der Waals surface area contributed by atoms with Gasteiger partial charge in [-0.2, -0.15) is 0 Å². The quantitative estimate of drug-likeness (QED) is 0.792. The number of rotatable bonds is 5. The van der Waals surface area contributed by atoms with Gasteiger partial charge in [0.15, 0.2) is 0 Å². The summed E-state index contributed by atoms with van der Waals surface area (Å²) < 4.78 is 0. The molecule has 1 atom stereocenters. The Kier molecular flexibility index (Phi) is 4.46. The molecule has 0 bridgehead atoms. The zero-order valence-corrected chi connectivity index (χ0v) is 15.0. The highest BCUT2D eigenvalue weighted by molar-refractivity contribution is 6.31. The zero-order chi connectivity index (χ0) is 17.4. The first-order valence-electron chi connectivity index (χ1n) is 9.18. The SMILES string of the molecule is O=C1NC(Cc2ccccc2Cl)(C2CCNCC2)C(=O)N1CC1CC1. The second-order valence-electron chi connectivity index (χ2n) is 7.55. The summed E-state index contributed by atoms with van der Waals surface area (Å²) >= 11 is 6.37. The molecule has 2 saturated heterocycles. The summed E-state index contributed by atoms with van der Waals surface area (Å²) in [7, 11) is 0. The number of halogens is 1. The highest BCUT2D eigenvalue weighted by atomic mass is 35.5. The first-order chi connectivity index (χ1) is 12.1. The van der Waals surface area contributed by atoms with Crippen LogP contribution in [0.5, 0.6) is 0 Å². The molecule has 2 aliphatic heterocycles. The van der Waals surface area contributed by atoms with E-state index in [4.69, 9.17) is 11.6 Å². The highest BCUT2D eigenvalue weighted by Crippen LogP contribution is 2.38. The summed E-state index contributed by atoms with van der Waals surface area (Å²) in [6.45, 7) is 2.31. The Hall–Kier alpha value is -1.59. The molecule has 3 amide bonds. The lowest BCUT2D eigenvalue weighted by atomic mass is 9.74. The molecule has 0 radical (unpaired) electrons. The van der Waals surface area contributed by atoms with Gasteiger partial charge < -0.3 is 10.6 Å². The molecule has 25 heavy (non-hydrogen) atoms. The summed E-state index contributed by atoms with van der Waals surface area (Å²) in [5.41, 5.74) is 0.0589. The van der Waals surface area contributed by atoms with Gasteiger partial charge in [-0.3, -0.25) is 9.69 Å². The second-order valence-corrected chi connectivity index (χ2v) is 7.96. The number of carbonyl (C=O) groups excluding carboxylic acids is 2. The number of imide groups is 1. The van der Waals surface area contributed by atoms with Crippen molar-refractivity contribution in [2.45, 2.75) is 37.6 Å². The first-order valence-corrected chi connectivity index (χ1v) is 9.56. The van der Waals surface area contributed by atoms with Gasteiger partial charge in [-0.15, -0.1) is 0 Å². The molecule has 5 nitrogen and oxygen atoms in total. The van der Waals surface area contributed by atoms with Crippen molar-refractivity contribution in [3.63, 3.8) is 0 Å². The maximum atomic E-state index is 13.4. The average Bonchev–Trinajstić information content (AvgIpc) is 3.41. The standard InChI is InChI=1S/C19H24ClN3O2/c20-16-4-2-1-3-14(16)11-19(15-7-9-21-10-8-15)17(24)23(18(25)22-19)12-13-5-6-13/h1-4,13,15,21H,5-12H2,(H,22,25). The number of nitrogens with zero attached hydrogens (tertiary/aromatic N) is 1. The van der Waals surface area contributed by atoms with Crippen LogP contribution in [0.15, 0.2) is 24.3 Å². The normalized spacial score (nSPS) is 27.6. The summed E-state index contributed by atoms with van der Waals surface area (Å²) in [5.74, 6) is 0.556. The van der Waals surface area contributed by atoms with Crippen LogP contribution in [0.1, 0.15) is 31.2 Å². The number of benzene rings is 1. The molecule has 134 valence electrons. The van der Waals surface area contributed by atoms with Gasteiger partial charge in [0, 0.05) is 18.0 Å². The third-order valence-corrected chi connectivity index (χ3v) is 6.17. The van der Waals surface area contributed by atoms with Crippen LogP contribution in [0.4, 0.5) is 4.79 Å². The molecule has 4 rings (SSSR count). The summed E-state index contributed by atoms with van der Waals surface area (Å²) in [4.78, 5) is 27.5. The Labute approximate surface area is 153 Å². The maximum Gasteiger partial charge on any atom is 0.325 e. The largest absolute Gasteiger partial charge is 0.325 e. The molecule has 2 N–H and O–H groups in total. The minimum atomic E-state index is -0.862. The molecule has 6 heteroatoms. The maximum absolute atomic E-state index is 13.4. The van der Waals surface area contributed by atoms with Crippen LogP contribution in [0.3, 0.4) is 0 Å². The van der Waals surface area contributed by atoms with Crippen LogP contribution in [0.25, 0.3) is 0 Å². The number of piperidine rings is 1. The Balaban J connectivity index is 1.67. The lowest BCUT2D eigenvalue weighted by molar-refractivity contribution is -0.133. The van der Waals surface area contributed by atoms with Crippen LogP contribution in [-0.4, -0.2) is 42.0 Å². The molecule has 1 aromatic rings. The number of carbonyl (C=O) groups is 2. The summed E-state index contributed by atoms with van der Waals surface area (Å²) in [6.07, 6.45) is 4.45.